The predicted molar refractivity (Wildman–Crippen MR) is 129 cm³/mol. The summed E-state index contributed by atoms with van der Waals surface area (Å²) in [5.74, 6) is 0.767. The summed E-state index contributed by atoms with van der Waals surface area (Å²) in [5, 5.41) is 0. The number of nitrogens with one attached hydrogen (secondary N) is 1. The van der Waals surface area contributed by atoms with E-state index in [9.17, 15) is 4.79 Å². The van der Waals surface area contributed by atoms with E-state index >= 15 is 0 Å². The summed E-state index contributed by atoms with van der Waals surface area (Å²) < 4.78 is 3.64. The van der Waals surface area contributed by atoms with Crippen molar-refractivity contribution in [1.29, 1.82) is 0 Å². The van der Waals surface area contributed by atoms with E-state index in [0.717, 1.165) is 44.9 Å². The molecule has 2 aromatic carbocycles. The van der Waals surface area contributed by atoms with Gasteiger partial charge in [0.25, 0.3) is 0 Å². The fourth-order valence-electron chi connectivity index (χ4n) is 4.31. The Morgan fingerprint density at radius 2 is 1.66 bits per heavy atom. The number of benzene rings is 2. The third-order valence-electron chi connectivity index (χ3n) is 5.87. The maximum Gasteiger partial charge on any atom is 0.329 e. The third-order valence-corrected chi connectivity index (χ3v) is 5.87. The highest BCUT2D eigenvalue weighted by Crippen LogP contribution is 2.34. The molecule has 3 aromatic heterocycles. The smallest absolute Gasteiger partial charge is 0.329 e. The molecule has 0 amide bonds. The lowest BCUT2D eigenvalue weighted by atomic mass is 10.0. The molecule has 0 unspecified atom stereocenters. The van der Waals surface area contributed by atoms with Crippen molar-refractivity contribution in [2.45, 2.75) is 33.9 Å². The molecule has 6 nitrogen and oxygen atoms in total. The second kappa shape index (κ2) is 7.96. The zero-order chi connectivity index (χ0) is 22.2. The van der Waals surface area contributed by atoms with Crippen LogP contribution in [-0.2, 0) is 13.1 Å². The van der Waals surface area contributed by atoms with Crippen LogP contribution in [0.5, 0.6) is 0 Å². The topological polar surface area (TPSA) is 68.5 Å². The third kappa shape index (κ3) is 3.24. The van der Waals surface area contributed by atoms with Crippen molar-refractivity contribution in [1.82, 2.24) is 24.1 Å². The largest absolute Gasteiger partial charge is 0.337 e. The summed E-state index contributed by atoms with van der Waals surface area (Å²) in [6, 6.07) is 18.4. The van der Waals surface area contributed by atoms with E-state index in [-0.39, 0.29) is 5.69 Å². The molecule has 1 N–H and O–H groups in total. The zero-order valence-electron chi connectivity index (χ0n) is 18.5. The van der Waals surface area contributed by atoms with E-state index in [1.807, 2.05) is 53.4 Å². The molecule has 3 heterocycles. The number of aromatic nitrogens is 5. The number of imidazole rings is 2. The van der Waals surface area contributed by atoms with Crippen molar-refractivity contribution in [3.8, 4) is 33.9 Å². The maximum atomic E-state index is 12.8. The summed E-state index contributed by atoms with van der Waals surface area (Å²) in [5.41, 5.74) is 7.87. The number of hydrogen-bond acceptors (Lipinski definition) is 3. The van der Waals surface area contributed by atoms with Gasteiger partial charge < -0.3 is 4.98 Å². The average Bonchev–Trinajstić information content (AvgIpc) is 3.38. The first-order valence-electron chi connectivity index (χ1n) is 10.9. The van der Waals surface area contributed by atoms with E-state index in [1.54, 1.807) is 6.20 Å². The number of aromatic amines is 1. The van der Waals surface area contributed by atoms with E-state index in [1.165, 1.54) is 5.56 Å². The van der Waals surface area contributed by atoms with Crippen LogP contribution in [-0.4, -0.2) is 24.1 Å². The summed E-state index contributed by atoms with van der Waals surface area (Å²) in [6.45, 7) is 7.35. The minimum absolute atomic E-state index is 0.0294. The molecule has 0 saturated heterocycles. The van der Waals surface area contributed by atoms with Crippen molar-refractivity contribution < 1.29 is 0 Å². The van der Waals surface area contributed by atoms with Gasteiger partial charge in [-0.25, -0.2) is 9.78 Å². The van der Waals surface area contributed by atoms with Crippen molar-refractivity contribution in [3.63, 3.8) is 0 Å². The van der Waals surface area contributed by atoms with E-state index < -0.39 is 0 Å². The molecular weight excluding hydrogens is 398 g/mol. The van der Waals surface area contributed by atoms with Gasteiger partial charge >= 0.3 is 5.69 Å². The van der Waals surface area contributed by atoms with E-state index in [0.29, 0.717) is 13.1 Å². The number of nitrogens with zero attached hydrogens (tertiary/aromatic N) is 4. The Labute approximate surface area is 186 Å². The van der Waals surface area contributed by atoms with Gasteiger partial charge in [0.2, 0.25) is 0 Å². The van der Waals surface area contributed by atoms with Crippen molar-refractivity contribution in [2.75, 3.05) is 0 Å². The molecule has 0 aliphatic carbocycles. The van der Waals surface area contributed by atoms with E-state index in [4.69, 9.17) is 4.98 Å². The molecule has 0 aliphatic rings. The Bertz CT molecular complexity index is 1470. The molecule has 32 heavy (non-hydrogen) atoms. The van der Waals surface area contributed by atoms with Gasteiger partial charge in [0.1, 0.15) is 5.82 Å². The SMILES string of the molecule is CCn1c(=O)n(CC)c2cc(-c3[nH]c(-c4cccnc4)nc3-c3cccc(C)c3)ccc21. The Morgan fingerprint density at radius 1 is 0.875 bits per heavy atom. The van der Waals surface area contributed by atoms with Crippen LogP contribution >= 0.6 is 0 Å². The first-order chi connectivity index (χ1) is 15.6. The van der Waals surface area contributed by atoms with Gasteiger partial charge in [0.05, 0.1) is 22.4 Å². The Hall–Kier alpha value is -3.93. The summed E-state index contributed by atoms with van der Waals surface area (Å²) in [4.78, 5) is 25.5. The second-order valence-electron chi connectivity index (χ2n) is 7.89. The maximum absolute atomic E-state index is 12.8. The van der Waals surface area contributed by atoms with Crippen LogP contribution in [0.1, 0.15) is 19.4 Å². The quantitative estimate of drug-likeness (QED) is 0.419. The highest BCUT2D eigenvalue weighted by atomic mass is 16.1. The highest BCUT2D eigenvalue weighted by Gasteiger charge is 2.18. The Balaban J connectivity index is 1.76. The molecule has 0 fully saturated rings. The monoisotopic (exact) mass is 423 g/mol. The van der Waals surface area contributed by atoms with Crippen LogP contribution < -0.4 is 5.69 Å². The minimum atomic E-state index is 0.0294. The normalized spacial score (nSPS) is 11.3. The number of fused-ring (bicyclic) bond motifs is 1. The minimum Gasteiger partial charge on any atom is -0.337 e. The van der Waals surface area contributed by atoms with Gasteiger partial charge in [-0.2, -0.15) is 0 Å². The van der Waals surface area contributed by atoms with Crippen molar-refractivity contribution in [2.24, 2.45) is 0 Å². The molecule has 0 spiro atoms. The zero-order valence-corrected chi connectivity index (χ0v) is 18.5. The van der Waals surface area contributed by atoms with Gasteiger partial charge in [-0.3, -0.25) is 14.1 Å². The molecule has 0 atom stereocenters. The summed E-state index contributed by atoms with van der Waals surface area (Å²) in [7, 11) is 0. The van der Waals surface area contributed by atoms with Crippen molar-refractivity contribution >= 4 is 11.0 Å². The number of H-pyrrole nitrogens is 1. The Morgan fingerprint density at radius 3 is 2.38 bits per heavy atom. The lowest BCUT2D eigenvalue weighted by Crippen LogP contribution is -2.22. The van der Waals surface area contributed by atoms with Gasteiger partial charge in [0.15, 0.2) is 0 Å². The molecule has 0 saturated carbocycles. The van der Waals surface area contributed by atoms with Crippen LogP contribution in [0.4, 0.5) is 0 Å². The van der Waals surface area contributed by atoms with Crippen LogP contribution in [0.2, 0.25) is 0 Å². The molecule has 5 rings (SSSR count). The fraction of sp³-hybridized carbons (Fsp3) is 0.192. The van der Waals surface area contributed by atoms with Gasteiger partial charge in [-0.05, 0) is 51.1 Å². The van der Waals surface area contributed by atoms with Gasteiger partial charge in [-0.15, -0.1) is 0 Å². The average molecular weight is 424 g/mol. The van der Waals surface area contributed by atoms with E-state index in [2.05, 4.69) is 47.2 Å². The second-order valence-corrected chi connectivity index (χ2v) is 7.89. The highest BCUT2D eigenvalue weighted by molar-refractivity contribution is 5.87. The lowest BCUT2D eigenvalue weighted by Gasteiger charge is -2.06. The molecule has 0 aliphatic heterocycles. The predicted octanol–water partition coefficient (Wildman–Crippen LogP) is 5.27. The summed E-state index contributed by atoms with van der Waals surface area (Å²) >= 11 is 0. The molecule has 160 valence electrons. The molecule has 0 radical (unpaired) electrons. The summed E-state index contributed by atoms with van der Waals surface area (Å²) in [6.07, 6.45) is 3.56. The van der Waals surface area contributed by atoms with Gasteiger partial charge in [0, 0.05) is 42.2 Å². The molecular formula is C26H25N5O. The number of rotatable bonds is 5. The molecule has 5 aromatic rings. The molecule has 6 heteroatoms. The number of hydrogen-bond donors (Lipinski definition) is 1. The van der Waals surface area contributed by atoms with Crippen LogP contribution in [0.3, 0.4) is 0 Å². The number of aryl methyl sites for hydroxylation is 3. The van der Waals surface area contributed by atoms with Crippen LogP contribution in [0.15, 0.2) is 71.8 Å². The first-order valence-corrected chi connectivity index (χ1v) is 10.9. The standard InChI is InChI=1S/C26H25N5O/c1-4-30-21-12-11-19(15-22(21)31(5-2)26(30)32)24-23(18-9-6-8-17(3)14-18)28-25(29-24)20-10-7-13-27-16-20/h6-16H,4-5H2,1-3H3,(H,28,29). The van der Waals surface area contributed by atoms with Gasteiger partial charge in [-0.1, -0.05) is 29.8 Å². The Kier molecular flexibility index (Phi) is 4.98. The van der Waals surface area contributed by atoms with Crippen molar-refractivity contribution in [3.05, 3.63) is 83.0 Å². The van der Waals surface area contributed by atoms with Crippen LogP contribution in [0.25, 0.3) is 44.9 Å². The fourth-order valence-corrected chi connectivity index (χ4v) is 4.31. The van der Waals surface area contributed by atoms with Crippen LogP contribution in [0, 0.1) is 6.92 Å². The first kappa shape index (κ1) is 20.0. The lowest BCUT2D eigenvalue weighted by molar-refractivity contribution is 0.671. The number of pyridine rings is 1. The molecule has 0 bridgehead atoms.